The van der Waals surface area contributed by atoms with Gasteiger partial charge in [-0.2, -0.15) is 0 Å². The van der Waals surface area contributed by atoms with Crippen LogP contribution in [0.4, 0.5) is 5.69 Å². The predicted molar refractivity (Wildman–Crippen MR) is 117 cm³/mol. The Morgan fingerprint density at radius 3 is 2.43 bits per heavy atom. The zero-order chi connectivity index (χ0) is 22.1. The number of carbonyl (C=O) groups is 2. The maximum Gasteiger partial charge on any atom is 0.350 e. The molecule has 0 aliphatic heterocycles. The second-order valence-corrected chi connectivity index (χ2v) is 9.94. The van der Waals surface area contributed by atoms with Crippen LogP contribution < -0.4 is 5.32 Å². The zero-order valence-corrected chi connectivity index (χ0v) is 18.7. The summed E-state index contributed by atoms with van der Waals surface area (Å²) in [5.74, 6) is -0.835. The number of benzene rings is 1. The maximum absolute atomic E-state index is 12.7. The molecule has 0 aliphatic carbocycles. The van der Waals surface area contributed by atoms with E-state index in [0.717, 1.165) is 22.9 Å². The van der Waals surface area contributed by atoms with Crippen LogP contribution in [0, 0.1) is 13.8 Å². The van der Waals surface area contributed by atoms with E-state index in [1.54, 1.807) is 19.1 Å². The van der Waals surface area contributed by atoms with Gasteiger partial charge in [-0.15, -0.1) is 11.3 Å². The summed E-state index contributed by atoms with van der Waals surface area (Å²) in [5.41, 5.74) is 2.77. The molecule has 1 amide bonds. The number of thiophene rings is 1. The topological polar surface area (TPSA) is 102 Å². The summed E-state index contributed by atoms with van der Waals surface area (Å²) < 4.78 is 28.3. The van der Waals surface area contributed by atoms with Gasteiger partial charge in [-0.3, -0.25) is 4.79 Å². The number of aromatic nitrogens is 1. The summed E-state index contributed by atoms with van der Waals surface area (Å²) in [6.45, 7) is 5.71. The third-order valence-corrected chi connectivity index (χ3v) is 6.62. The Kier molecular flexibility index (Phi) is 6.23. The molecular formula is C21H22N2O5S2. The lowest BCUT2D eigenvalue weighted by atomic mass is 10.1. The highest BCUT2D eigenvalue weighted by molar-refractivity contribution is 7.90. The number of aryl methyl sites for hydroxylation is 2. The van der Waals surface area contributed by atoms with Gasteiger partial charge >= 0.3 is 5.97 Å². The van der Waals surface area contributed by atoms with Gasteiger partial charge in [-0.05, 0) is 50.1 Å². The molecule has 1 N–H and O–H groups in total. The number of pyridine rings is 1. The summed E-state index contributed by atoms with van der Waals surface area (Å²) in [5, 5.41) is 3.56. The fourth-order valence-corrected chi connectivity index (χ4v) is 4.90. The first kappa shape index (κ1) is 21.9. The SMILES string of the molecule is CCOC(=O)c1sc2nc(C)cc(C)c2c1NC(=O)Cc1ccc(S(C)(=O)=O)cc1. The lowest BCUT2D eigenvalue weighted by molar-refractivity contribution is -0.115. The van der Waals surface area contributed by atoms with Gasteiger partial charge in [0.25, 0.3) is 0 Å². The molecule has 0 bridgehead atoms. The van der Waals surface area contributed by atoms with Crippen molar-refractivity contribution in [2.45, 2.75) is 32.1 Å². The number of nitrogens with one attached hydrogen (secondary N) is 1. The first-order valence-electron chi connectivity index (χ1n) is 9.27. The lowest BCUT2D eigenvalue weighted by Crippen LogP contribution is -2.16. The van der Waals surface area contributed by atoms with E-state index >= 15 is 0 Å². The number of hydrogen-bond donors (Lipinski definition) is 1. The summed E-state index contributed by atoms with van der Waals surface area (Å²) in [6.07, 6.45) is 1.16. The minimum absolute atomic E-state index is 0.0297. The highest BCUT2D eigenvalue weighted by Gasteiger charge is 2.23. The Bertz CT molecular complexity index is 1230. The van der Waals surface area contributed by atoms with Crippen molar-refractivity contribution in [2.24, 2.45) is 0 Å². The van der Waals surface area contributed by atoms with Crippen molar-refractivity contribution in [1.82, 2.24) is 4.98 Å². The van der Waals surface area contributed by atoms with Gasteiger partial charge in [0, 0.05) is 17.3 Å². The second kappa shape index (κ2) is 8.53. The van der Waals surface area contributed by atoms with Crippen molar-refractivity contribution < 1.29 is 22.7 Å². The molecule has 7 nitrogen and oxygen atoms in total. The molecule has 2 heterocycles. The van der Waals surface area contributed by atoms with Gasteiger partial charge in [0.2, 0.25) is 5.91 Å². The Hall–Kier alpha value is -2.78. The Morgan fingerprint density at radius 1 is 1.17 bits per heavy atom. The van der Waals surface area contributed by atoms with Crippen LogP contribution in [-0.4, -0.2) is 38.1 Å². The Labute approximate surface area is 179 Å². The predicted octanol–water partition coefficient (Wildman–Crippen LogP) is 3.67. The van der Waals surface area contributed by atoms with Gasteiger partial charge in [0.15, 0.2) is 9.84 Å². The van der Waals surface area contributed by atoms with E-state index in [0.29, 0.717) is 21.0 Å². The van der Waals surface area contributed by atoms with Gasteiger partial charge in [0.05, 0.1) is 23.6 Å². The average Bonchev–Trinajstić information content (AvgIpc) is 3.00. The number of carbonyl (C=O) groups excluding carboxylic acids is 2. The monoisotopic (exact) mass is 446 g/mol. The first-order valence-corrected chi connectivity index (χ1v) is 12.0. The number of amides is 1. The molecule has 2 aromatic heterocycles. The van der Waals surface area contributed by atoms with Crippen molar-refractivity contribution in [3.63, 3.8) is 0 Å². The van der Waals surface area contributed by atoms with Crippen LogP contribution in [0.1, 0.15) is 33.4 Å². The normalized spacial score (nSPS) is 11.5. The molecule has 0 radical (unpaired) electrons. The van der Waals surface area contributed by atoms with E-state index in [2.05, 4.69) is 10.3 Å². The molecule has 158 valence electrons. The minimum atomic E-state index is -3.30. The fourth-order valence-electron chi connectivity index (χ4n) is 3.12. The summed E-state index contributed by atoms with van der Waals surface area (Å²) in [6, 6.07) is 8.04. The lowest BCUT2D eigenvalue weighted by Gasteiger charge is -2.09. The molecule has 30 heavy (non-hydrogen) atoms. The number of hydrogen-bond acceptors (Lipinski definition) is 7. The van der Waals surface area contributed by atoms with Crippen LogP contribution in [0.5, 0.6) is 0 Å². The van der Waals surface area contributed by atoms with Gasteiger partial charge < -0.3 is 10.1 Å². The van der Waals surface area contributed by atoms with Crippen LogP contribution in [0.25, 0.3) is 10.2 Å². The number of fused-ring (bicyclic) bond motifs is 1. The number of esters is 1. The first-order chi connectivity index (χ1) is 14.1. The quantitative estimate of drug-likeness (QED) is 0.580. The molecule has 0 fully saturated rings. The van der Waals surface area contributed by atoms with Crippen LogP contribution in [0.3, 0.4) is 0 Å². The van der Waals surface area contributed by atoms with E-state index in [4.69, 9.17) is 4.74 Å². The molecule has 0 aliphatic rings. The summed E-state index contributed by atoms with van der Waals surface area (Å²) >= 11 is 1.19. The van der Waals surface area contributed by atoms with E-state index in [1.165, 1.54) is 23.5 Å². The molecule has 3 rings (SSSR count). The van der Waals surface area contributed by atoms with Gasteiger partial charge in [0.1, 0.15) is 9.71 Å². The highest BCUT2D eigenvalue weighted by atomic mass is 32.2. The molecule has 9 heteroatoms. The van der Waals surface area contributed by atoms with E-state index in [-0.39, 0.29) is 23.8 Å². The molecular weight excluding hydrogens is 424 g/mol. The van der Waals surface area contributed by atoms with Crippen LogP contribution in [0.2, 0.25) is 0 Å². The zero-order valence-electron chi connectivity index (χ0n) is 17.1. The molecule has 0 saturated carbocycles. The van der Waals surface area contributed by atoms with E-state index in [9.17, 15) is 18.0 Å². The van der Waals surface area contributed by atoms with E-state index in [1.807, 2.05) is 19.9 Å². The largest absolute Gasteiger partial charge is 0.462 e. The van der Waals surface area contributed by atoms with Crippen molar-refractivity contribution >= 4 is 49.0 Å². The summed E-state index contributed by atoms with van der Waals surface area (Å²) in [4.78, 5) is 30.8. The van der Waals surface area contributed by atoms with Crippen LogP contribution >= 0.6 is 11.3 Å². The minimum Gasteiger partial charge on any atom is -0.462 e. The number of rotatable bonds is 6. The van der Waals surface area contributed by atoms with Gasteiger partial charge in [-0.25, -0.2) is 18.2 Å². The van der Waals surface area contributed by atoms with Crippen molar-refractivity contribution in [2.75, 3.05) is 18.2 Å². The van der Waals surface area contributed by atoms with Crippen LogP contribution in [-0.2, 0) is 25.8 Å². The molecule has 0 unspecified atom stereocenters. The third-order valence-electron chi connectivity index (χ3n) is 4.43. The summed E-state index contributed by atoms with van der Waals surface area (Å²) in [7, 11) is -3.30. The van der Waals surface area contributed by atoms with Crippen LogP contribution in [0.15, 0.2) is 35.2 Å². The molecule has 3 aromatic rings. The Balaban J connectivity index is 1.92. The third kappa shape index (κ3) is 4.68. The van der Waals surface area contributed by atoms with Gasteiger partial charge in [-0.1, -0.05) is 12.1 Å². The number of sulfone groups is 1. The molecule has 0 saturated heterocycles. The maximum atomic E-state index is 12.7. The van der Waals surface area contributed by atoms with Crippen molar-refractivity contribution in [1.29, 1.82) is 0 Å². The molecule has 0 atom stereocenters. The number of anilines is 1. The second-order valence-electron chi connectivity index (χ2n) is 6.93. The van der Waals surface area contributed by atoms with E-state index < -0.39 is 15.8 Å². The average molecular weight is 447 g/mol. The smallest absolute Gasteiger partial charge is 0.350 e. The number of nitrogens with zero attached hydrogens (tertiary/aromatic N) is 1. The number of ether oxygens (including phenoxy) is 1. The highest BCUT2D eigenvalue weighted by Crippen LogP contribution is 2.37. The standard InChI is InChI=1S/C21H22N2O5S2/c1-5-28-21(25)19-18(17-12(2)10-13(3)22-20(17)29-19)23-16(24)11-14-6-8-15(9-7-14)30(4,26)27/h6-10H,5,11H2,1-4H3,(H,23,24). The molecule has 1 aromatic carbocycles. The fraction of sp³-hybridized carbons (Fsp3) is 0.286. The van der Waals surface area contributed by atoms with Crippen molar-refractivity contribution in [3.8, 4) is 0 Å². The Morgan fingerprint density at radius 2 is 1.83 bits per heavy atom. The van der Waals surface area contributed by atoms with Crippen molar-refractivity contribution in [3.05, 3.63) is 52.0 Å². The molecule has 0 spiro atoms.